The van der Waals surface area contributed by atoms with Crippen molar-refractivity contribution in [1.82, 2.24) is 0 Å². The molecule has 1 atom stereocenters. The summed E-state index contributed by atoms with van der Waals surface area (Å²) in [6.07, 6.45) is 0.886. The van der Waals surface area contributed by atoms with Crippen LogP contribution in [0.25, 0.3) is 0 Å². The average molecular weight is 305 g/mol. The van der Waals surface area contributed by atoms with Crippen LogP contribution in [0.3, 0.4) is 0 Å². The third-order valence-electron chi connectivity index (χ3n) is 2.05. The number of carboxylic acids is 1. The molecule has 0 aromatic heterocycles. The minimum Gasteiger partial charge on any atom is -0.478 e. The number of carbonyl (C=O) groups is 1. The van der Waals surface area contributed by atoms with E-state index in [1.54, 1.807) is 12.1 Å². The zero-order chi connectivity index (χ0) is 12.1. The molecular weight excluding hydrogens is 292 g/mol. The molecule has 3 nitrogen and oxygen atoms in total. The van der Waals surface area contributed by atoms with Crippen molar-refractivity contribution in [2.45, 2.75) is 19.1 Å². The number of hydrogen-bond donors (Lipinski definition) is 1. The van der Waals surface area contributed by atoms with Gasteiger partial charge in [0.2, 0.25) is 0 Å². The molecule has 0 radical (unpaired) electrons. The molecule has 0 aliphatic heterocycles. The lowest BCUT2D eigenvalue weighted by Gasteiger charge is -2.05. The Morgan fingerprint density at radius 2 is 2.19 bits per heavy atom. The van der Waals surface area contributed by atoms with Crippen LogP contribution in [-0.4, -0.2) is 21.0 Å². The van der Waals surface area contributed by atoms with E-state index < -0.39 is 16.8 Å². The SMILES string of the molecule is CCCS(=O)Cc1ccc(C(=O)O)cc1Br. The molecule has 0 saturated carbocycles. The molecule has 0 aliphatic rings. The summed E-state index contributed by atoms with van der Waals surface area (Å²) in [4.78, 5) is 10.7. The third kappa shape index (κ3) is 3.72. The second kappa shape index (κ2) is 6.15. The van der Waals surface area contributed by atoms with Gasteiger partial charge in [-0.05, 0) is 24.1 Å². The highest BCUT2D eigenvalue weighted by molar-refractivity contribution is 9.10. The van der Waals surface area contributed by atoms with E-state index in [0.29, 0.717) is 16.0 Å². The summed E-state index contributed by atoms with van der Waals surface area (Å²) in [7, 11) is -0.876. The van der Waals surface area contributed by atoms with Gasteiger partial charge in [0.25, 0.3) is 0 Å². The molecular formula is C11H13BrO3S. The summed E-state index contributed by atoms with van der Waals surface area (Å²) in [6, 6.07) is 4.79. The lowest BCUT2D eigenvalue weighted by molar-refractivity contribution is 0.0697. The molecule has 16 heavy (non-hydrogen) atoms. The van der Waals surface area contributed by atoms with Gasteiger partial charge in [0.15, 0.2) is 0 Å². The third-order valence-corrected chi connectivity index (χ3v) is 4.28. The van der Waals surface area contributed by atoms with Crippen LogP contribution in [0, 0.1) is 0 Å². The number of halogens is 1. The fraction of sp³-hybridized carbons (Fsp3) is 0.364. The number of benzene rings is 1. The lowest BCUT2D eigenvalue weighted by atomic mass is 10.1. The van der Waals surface area contributed by atoms with E-state index >= 15 is 0 Å². The van der Waals surface area contributed by atoms with Crippen molar-refractivity contribution in [2.75, 3.05) is 5.75 Å². The van der Waals surface area contributed by atoms with Gasteiger partial charge in [0.05, 0.1) is 5.56 Å². The molecule has 0 spiro atoms. The highest BCUT2D eigenvalue weighted by Crippen LogP contribution is 2.20. The molecule has 88 valence electrons. The van der Waals surface area contributed by atoms with Crippen LogP contribution in [0.2, 0.25) is 0 Å². The number of rotatable bonds is 5. The molecule has 0 saturated heterocycles. The molecule has 0 amide bonds. The van der Waals surface area contributed by atoms with E-state index in [9.17, 15) is 9.00 Å². The number of aromatic carboxylic acids is 1. The van der Waals surface area contributed by atoms with Gasteiger partial charge >= 0.3 is 5.97 Å². The molecule has 1 unspecified atom stereocenters. The Balaban J connectivity index is 2.83. The predicted octanol–water partition coefficient (Wildman–Crippen LogP) is 2.81. The molecule has 0 heterocycles. The van der Waals surface area contributed by atoms with Crippen molar-refractivity contribution < 1.29 is 14.1 Å². The van der Waals surface area contributed by atoms with Gasteiger partial charge in [-0.3, -0.25) is 4.21 Å². The summed E-state index contributed by atoms with van der Waals surface area (Å²) in [5.74, 6) is 0.184. The maximum absolute atomic E-state index is 11.6. The van der Waals surface area contributed by atoms with Crippen molar-refractivity contribution in [2.24, 2.45) is 0 Å². The maximum Gasteiger partial charge on any atom is 0.335 e. The quantitative estimate of drug-likeness (QED) is 0.910. The van der Waals surface area contributed by atoms with E-state index in [1.165, 1.54) is 6.07 Å². The Hall–Kier alpha value is -0.680. The van der Waals surface area contributed by atoms with Crippen molar-refractivity contribution in [3.8, 4) is 0 Å². The van der Waals surface area contributed by atoms with E-state index in [1.807, 2.05) is 6.92 Å². The van der Waals surface area contributed by atoms with Crippen LogP contribution in [0.1, 0.15) is 29.3 Å². The van der Waals surface area contributed by atoms with Crippen LogP contribution in [0.15, 0.2) is 22.7 Å². The van der Waals surface area contributed by atoms with E-state index in [2.05, 4.69) is 15.9 Å². The molecule has 1 aromatic carbocycles. The van der Waals surface area contributed by atoms with Gasteiger partial charge in [-0.2, -0.15) is 0 Å². The summed E-state index contributed by atoms with van der Waals surface area (Å²) >= 11 is 3.30. The fourth-order valence-corrected chi connectivity index (χ4v) is 3.17. The summed E-state index contributed by atoms with van der Waals surface area (Å²) in [6.45, 7) is 1.99. The van der Waals surface area contributed by atoms with E-state index in [0.717, 1.165) is 12.0 Å². The molecule has 0 bridgehead atoms. The van der Waals surface area contributed by atoms with Gasteiger partial charge in [-0.25, -0.2) is 4.79 Å². The summed E-state index contributed by atoms with van der Waals surface area (Å²) in [5, 5.41) is 8.79. The lowest BCUT2D eigenvalue weighted by Crippen LogP contribution is -2.02. The number of hydrogen-bond acceptors (Lipinski definition) is 2. The van der Waals surface area contributed by atoms with Crippen LogP contribution in [0.5, 0.6) is 0 Å². The van der Waals surface area contributed by atoms with Gasteiger partial charge in [-0.1, -0.05) is 28.9 Å². The second-order valence-corrected chi connectivity index (χ2v) is 5.83. The van der Waals surface area contributed by atoms with Crippen LogP contribution in [0.4, 0.5) is 0 Å². The Kier molecular flexibility index (Phi) is 5.15. The Labute approximate surface area is 105 Å². The van der Waals surface area contributed by atoms with Crippen molar-refractivity contribution in [1.29, 1.82) is 0 Å². The van der Waals surface area contributed by atoms with Gasteiger partial charge in [-0.15, -0.1) is 0 Å². The molecule has 5 heteroatoms. The number of carboxylic acid groups (broad SMARTS) is 1. The smallest absolute Gasteiger partial charge is 0.335 e. The summed E-state index contributed by atoms with van der Waals surface area (Å²) < 4.78 is 12.3. The normalized spacial score (nSPS) is 12.4. The van der Waals surface area contributed by atoms with Gasteiger partial charge in [0, 0.05) is 26.8 Å². The van der Waals surface area contributed by atoms with Crippen molar-refractivity contribution in [3.05, 3.63) is 33.8 Å². The largest absolute Gasteiger partial charge is 0.478 e. The molecule has 1 rings (SSSR count). The predicted molar refractivity (Wildman–Crippen MR) is 68.1 cm³/mol. The Morgan fingerprint density at radius 3 is 2.69 bits per heavy atom. The monoisotopic (exact) mass is 304 g/mol. The minimum absolute atomic E-state index is 0.233. The first-order valence-electron chi connectivity index (χ1n) is 4.91. The first-order chi connectivity index (χ1) is 7.54. The standard InChI is InChI=1S/C11H13BrO3S/c1-2-5-16(15)7-9-4-3-8(11(13)14)6-10(9)12/h3-4,6H,2,5,7H2,1H3,(H,13,14). The highest BCUT2D eigenvalue weighted by Gasteiger charge is 2.08. The fourth-order valence-electron chi connectivity index (χ4n) is 1.27. The highest BCUT2D eigenvalue weighted by atomic mass is 79.9. The zero-order valence-electron chi connectivity index (χ0n) is 8.90. The van der Waals surface area contributed by atoms with Gasteiger partial charge < -0.3 is 5.11 Å². The summed E-state index contributed by atoms with van der Waals surface area (Å²) in [5.41, 5.74) is 1.12. The van der Waals surface area contributed by atoms with Crippen molar-refractivity contribution >= 4 is 32.7 Å². The topological polar surface area (TPSA) is 54.4 Å². The van der Waals surface area contributed by atoms with Gasteiger partial charge in [0.1, 0.15) is 0 Å². The Morgan fingerprint density at radius 1 is 1.50 bits per heavy atom. The van der Waals surface area contributed by atoms with Crippen LogP contribution < -0.4 is 0 Å². The van der Waals surface area contributed by atoms with Crippen LogP contribution >= 0.6 is 15.9 Å². The molecule has 1 aromatic rings. The molecule has 1 N–H and O–H groups in total. The minimum atomic E-state index is -0.957. The first-order valence-corrected chi connectivity index (χ1v) is 7.19. The first kappa shape index (κ1) is 13.4. The molecule has 0 fully saturated rings. The van der Waals surface area contributed by atoms with E-state index in [4.69, 9.17) is 5.11 Å². The average Bonchev–Trinajstić information content (AvgIpc) is 2.21. The molecule has 0 aliphatic carbocycles. The van der Waals surface area contributed by atoms with Crippen molar-refractivity contribution in [3.63, 3.8) is 0 Å². The van der Waals surface area contributed by atoms with Crippen LogP contribution in [-0.2, 0) is 16.6 Å². The maximum atomic E-state index is 11.6. The zero-order valence-corrected chi connectivity index (χ0v) is 11.3. The second-order valence-electron chi connectivity index (χ2n) is 3.40. The Bertz CT molecular complexity index is 418. The van der Waals surface area contributed by atoms with E-state index in [-0.39, 0.29) is 5.56 Å².